The maximum atomic E-state index is 10.4. The molecule has 0 bridgehead atoms. The summed E-state index contributed by atoms with van der Waals surface area (Å²) in [6, 6.07) is 3.48. The molecule has 3 N–H and O–H groups in total. The summed E-state index contributed by atoms with van der Waals surface area (Å²) >= 11 is 0. The van der Waals surface area contributed by atoms with Gasteiger partial charge in [0.1, 0.15) is 11.4 Å². The highest BCUT2D eigenvalue weighted by Gasteiger charge is 2.26. The number of aliphatic hydroxyl groups is 1. The fourth-order valence-corrected chi connectivity index (χ4v) is 2.13. The lowest BCUT2D eigenvalue weighted by Gasteiger charge is -2.19. The van der Waals surface area contributed by atoms with Crippen molar-refractivity contribution in [2.24, 2.45) is 4.99 Å². The molecule has 0 aliphatic heterocycles. The molecule has 1 atom stereocenters. The molecule has 0 radical (unpaired) electrons. The molecule has 0 fully saturated rings. The van der Waals surface area contributed by atoms with E-state index in [4.69, 9.17) is 8.94 Å². The van der Waals surface area contributed by atoms with Gasteiger partial charge in [-0.05, 0) is 39.3 Å². The van der Waals surface area contributed by atoms with Gasteiger partial charge < -0.3 is 24.7 Å². The molecule has 8 nitrogen and oxygen atoms in total. The average Bonchev–Trinajstić information content (AvgIpc) is 3.21. The van der Waals surface area contributed by atoms with Gasteiger partial charge in [0, 0.05) is 19.5 Å². The number of guanidine groups is 1. The Hall–Kier alpha value is -2.35. The van der Waals surface area contributed by atoms with E-state index in [1.807, 2.05) is 6.92 Å². The molecule has 2 aromatic heterocycles. The van der Waals surface area contributed by atoms with Gasteiger partial charge in [0.2, 0.25) is 5.89 Å². The number of hydrogen-bond acceptors (Lipinski definition) is 6. The van der Waals surface area contributed by atoms with E-state index in [1.54, 1.807) is 26.0 Å². The van der Waals surface area contributed by atoms with Crippen molar-refractivity contribution in [1.82, 2.24) is 20.8 Å². The maximum absolute atomic E-state index is 10.4. The van der Waals surface area contributed by atoms with Crippen LogP contribution in [-0.4, -0.2) is 40.8 Å². The van der Waals surface area contributed by atoms with Crippen LogP contribution in [0.25, 0.3) is 0 Å². The van der Waals surface area contributed by atoms with E-state index in [2.05, 4.69) is 25.8 Å². The molecular weight excluding hydrogens is 310 g/mol. The molecule has 0 aliphatic rings. The van der Waals surface area contributed by atoms with Gasteiger partial charge in [-0.2, -0.15) is 4.98 Å². The summed E-state index contributed by atoms with van der Waals surface area (Å²) in [5.41, 5.74) is -1.15. The van der Waals surface area contributed by atoms with E-state index in [1.165, 1.54) is 6.26 Å². The van der Waals surface area contributed by atoms with Gasteiger partial charge in [-0.3, -0.25) is 0 Å². The number of aromatic nitrogens is 2. The summed E-state index contributed by atoms with van der Waals surface area (Å²) < 4.78 is 10.3. The lowest BCUT2D eigenvalue weighted by molar-refractivity contribution is 0.0437. The van der Waals surface area contributed by atoms with Gasteiger partial charge in [0.15, 0.2) is 11.8 Å². The zero-order chi connectivity index (χ0) is 17.4. The van der Waals surface area contributed by atoms with Crippen LogP contribution < -0.4 is 10.6 Å². The highest BCUT2D eigenvalue weighted by atomic mass is 16.5. The minimum atomic E-state index is -1.15. The smallest absolute Gasteiger partial charge is 0.226 e. The first kappa shape index (κ1) is 18.0. The number of nitrogens with one attached hydrogen (secondary N) is 2. The molecule has 0 amide bonds. The van der Waals surface area contributed by atoms with Crippen LogP contribution in [-0.2, 0) is 12.0 Å². The predicted molar refractivity (Wildman–Crippen MR) is 89.6 cm³/mol. The molecule has 8 heteroatoms. The molecule has 0 saturated carbocycles. The third kappa shape index (κ3) is 5.38. The number of aryl methyl sites for hydroxylation is 2. The summed E-state index contributed by atoms with van der Waals surface area (Å²) in [5, 5.41) is 20.6. The van der Waals surface area contributed by atoms with Crippen LogP contribution >= 0.6 is 0 Å². The van der Waals surface area contributed by atoms with Crippen molar-refractivity contribution in [3.05, 3.63) is 35.9 Å². The van der Waals surface area contributed by atoms with E-state index >= 15 is 0 Å². The highest BCUT2D eigenvalue weighted by molar-refractivity contribution is 5.79. The van der Waals surface area contributed by atoms with Crippen LogP contribution in [0.15, 0.2) is 32.3 Å². The van der Waals surface area contributed by atoms with Crippen LogP contribution in [0.4, 0.5) is 0 Å². The van der Waals surface area contributed by atoms with Crippen molar-refractivity contribution >= 4 is 5.96 Å². The third-order valence-corrected chi connectivity index (χ3v) is 3.37. The van der Waals surface area contributed by atoms with Crippen LogP contribution in [0.5, 0.6) is 0 Å². The predicted octanol–water partition coefficient (Wildman–Crippen LogP) is 1.37. The quantitative estimate of drug-likeness (QED) is 0.380. The fourth-order valence-electron chi connectivity index (χ4n) is 2.13. The van der Waals surface area contributed by atoms with E-state index in [0.29, 0.717) is 36.4 Å². The molecule has 1 unspecified atom stereocenters. The van der Waals surface area contributed by atoms with E-state index < -0.39 is 5.60 Å². The van der Waals surface area contributed by atoms with E-state index in [-0.39, 0.29) is 6.54 Å². The van der Waals surface area contributed by atoms with Crippen molar-refractivity contribution in [3.8, 4) is 0 Å². The van der Waals surface area contributed by atoms with Crippen molar-refractivity contribution in [3.63, 3.8) is 0 Å². The zero-order valence-electron chi connectivity index (χ0n) is 14.4. The molecule has 2 heterocycles. The number of aliphatic imine (C=N–C) groups is 1. The number of rotatable bonds is 8. The Morgan fingerprint density at radius 3 is 2.88 bits per heavy atom. The largest absolute Gasteiger partial charge is 0.466 e. The Labute approximate surface area is 141 Å². The molecule has 2 rings (SSSR count). The van der Waals surface area contributed by atoms with Crippen LogP contribution in [0, 0.1) is 6.92 Å². The van der Waals surface area contributed by atoms with Gasteiger partial charge in [-0.1, -0.05) is 5.16 Å². The van der Waals surface area contributed by atoms with Gasteiger partial charge >= 0.3 is 0 Å². The van der Waals surface area contributed by atoms with E-state index in [9.17, 15) is 5.11 Å². The Morgan fingerprint density at radius 1 is 1.42 bits per heavy atom. The maximum Gasteiger partial charge on any atom is 0.226 e. The summed E-state index contributed by atoms with van der Waals surface area (Å²) in [7, 11) is 0. The number of nitrogens with zero attached hydrogens (tertiary/aromatic N) is 3. The van der Waals surface area contributed by atoms with Gasteiger partial charge in [0.05, 0.1) is 12.8 Å². The van der Waals surface area contributed by atoms with Gasteiger partial charge in [0.25, 0.3) is 0 Å². The molecule has 0 saturated heterocycles. The highest BCUT2D eigenvalue weighted by Crippen LogP contribution is 2.20. The minimum absolute atomic E-state index is 0.193. The first-order chi connectivity index (χ1) is 11.5. The van der Waals surface area contributed by atoms with Crippen molar-refractivity contribution in [1.29, 1.82) is 0 Å². The second kappa shape index (κ2) is 8.49. The summed E-state index contributed by atoms with van der Waals surface area (Å²) in [5.74, 6) is 2.42. The second-order valence-electron chi connectivity index (χ2n) is 5.71. The lowest BCUT2D eigenvalue weighted by Crippen LogP contribution is -2.39. The van der Waals surface area contributed by atoms with Crippen molar-refractivity contribution in [2.45, 2.75) is 39.2 Å². The topological polar surface area (TPSA) is 109 Å². The molecule has 0 aromatic carbocycles. The third-order valence-electron chi connectivity index (χ3n) is 3.37. The number of hydrogen-bond donors (Lipinski definition) is 3. The Bertz CT molecular complexity index is 634. The van der Waals surface area contributed by atoms with Crippen LogP contribution in [0.2, 0.25) is 0 Å². The molecule has 0 spiro atoms. The van der Waals surface area contributed by atoms with Crippen molar-refractivity contribution < 1.29 is 14.0 Å². The van der Waals surface area contributed by atoms with Crippen LogP contribution in [0.3, 0.4) is 0 Å². The molecule has 24 heavy (non-hydrogen) atoms. The van der Waals surface area contributed by atoms with Crippen molar-refractivity contribution in [2.75, 3.05) is 19.6 Å². The SMILES string of the molecule is CCNC(=NCC(C)(O)c1ccco1)NCCCc1nc(C)no1. The van der Waals surface area contributed by atoms with Gasteiger partial charge in [-0.15, -0.1) is 0 Å². The zero-order valence-corrected chi connectivity index (χ0v) is 14.4. The summed E-state index contributed by atoms with van der Waals surface area (Å²) in [6.07, 6.45) is 3.08. The fraction of sp³-hybridized carbons (Fsp3) is 0.562. The first-order valence-corrected chi connectivity index (χ1v) is 8.09. The second-order valence-corrected chi connectivity index (χ2v) is 5.71. The molecule has 0 aliphatic carbocycles. The van der Waals surface area contributed by atoms with Gasteiger partial charge in [-0.25, -0.2) is 4.99 Å². The Morgan fingerprint density at radius 2 is 2.25 bits per heavy atom. The molecule has 132 valence electrons. The first-order valence-electron chi connectivity index (χ1n) is 8.09. The minimum Gasteiger partial charge on any atom is -0.466 e. The summed E-state index contributed by atoms with van der Waals surface area (Å²) in [4.78, 5) is 8.59. The lowest BCUT2D eigenvalue weighted by atomic mass is 10.0. The van der Waals surface area contributed by atoms with Crippen LogP contribution in [0.1, 0.15) is 37.7 Å². The molecule has 2 aromatic rings. The number of furan rings is 1. The van der Waals surface area contributed by atoms with E-state index in [0.717, 1.165) is 13.0 Å². The summed E-state index contributed by atoms with van der Waals surface area (Å²) in [6.45, 7) is 7.10. The normalized spacial score (nSPS) is 14.4. The average molecular weight is 335 g/mol. The molecular formula is C16H25N5O3. The Balaban J connectivity index is 1.82. The monoisotopic (exact) mass is 335 g/mol. The standard InChI is InChI=1S/C16H25N5O3/c1-4-17-15(18-9-5-8-14-20-12(2)21-24-14)19-11-16(3,22)13-7-6-10-23-13/h6-7,10,22H,4-5,8-9,11H2,1-3H3,(H2,17,18,19). The Kier molecular flexibility index (Phi) is 6.36.